The Morgan fingerprint density at radius 1 is 1.15 bits per heavy atom. The Labute approximate surface area is 203 Å². The summed E-state index contributed by atoms with van der Waals surface area (Å²) in [5, 5.41) is 15.1. The van der Waals surface area contributed by atoms with Gasteiger partial charge in [0.05, 0.1) is 29.5 Å². The van der Waals surface area contributed by atoms with Crippen LogP contribution in [0.3, 0.4) is 0 Å². The van der Waals surface area contributed by atoms with Gasteiger partial charge in [-0.3, -0.25) is 4.79 Å². The molecule has 3 aromatic carbocycles. The highest BCUT2D eigenvalue weighted by Gasteiger charge is 2.13. The zero-order valence-corrected chi connectivity index (χ0v) is 19.8. The van der Waals surface area contributed by atoms with Crippen molar-refractivity contribution in [3.05, 3.63) is 102 Å². The summed E-state index contributed by atoms with van der Waals surface area (Å²) in [6.45, 7) is 6.43. The van der Waals surface area contributed by atoms with Gasteiger partial charge in [-0.1, -0.05) is 71.9 Å². The number of thioether (sulfide) groups is 1. The number of rotatable bonds is 9. The molecule has 0 atom stereocenters. The van der Waals surface area contributed by atoms with E-state index in [1.807, 2.05) is 36.4 Å². The Bertz CT molecular complexity index is 1340. The van der Waals surface area contributed by atoms with Crippen molar-refractivity contribution in [1.29, 1.82) is 0 Å². The molecule has 6 nitrogen and oxygen atoms in total. The van der Waals surface area contributed by atoms with Crippen LogP contribution in [0.4, 0.5) is 0 Å². The third-order valence-electron chi connectivity index (χ3n) is 5.32. The highest BCUT2D eigenvalue weighted by atomic mass is 32.2. The number of hydrazone groups is 1. The monoisotopic (exact) mass is 470 g/mol. The van der Waals surface area contributed by atoms with Crippen LogP contribution < -0.4 is 5.43 Å². The SMILES string of the molecule is C=CCc1cccc(/C=N/NC(=O)CSc2nc3ccccc3n2Cc2ccc(C)cc2)c1O. The van der Waals surface area contributed by atoms with Gasteiger partial charge in [-0.15, -0.1) is 6.58 Å². The van der Waals surface area contributed by atoms with E-state index in [1.165, 1.54) is 29.1 Å². The van der Waals surface area contributed by atoms with Gasteiger partial charge in [0.2, 0.25) is 0 Å². The molecule has 7 heteroatoms. The van der Waals surface area contributed by atoms with Gasteiger partial charge in [-0.25, -0.2) is 10.4 Å². The van der Waals surface area contributed by atoms with Crippen LogP contribution in [0.15, 0.2) is 89.6 Å². The molecular weight excluding hydrogens is 444 g/mol. The maximum absolute atomic E-state index is 12.4. The quantitative estimate of drug-likeness (QED) is 0.155. The molecule has 1 heterocycles. The molecule has 0 unspecified atom stereocenters. The molecule has 0 saturated heterocycles. The van der Waals surface area contributed by atoms with Crippen LogP contribution in [0.25, 0.3) is 11.0 Å². The molecule has 172 valence electrons. The second-order valence-electron chi connectivity index (χ2n) is 7.88. The van der Waals surface area contributed by atoms with Crippen molar-refractivity contribution in [2.24, 2.45) is 5.10 Å². The van der Waals surface area contributed by atoms with Crippen molar-refractivity contribution < 1.29 is 9.90 Å². The first-order valence-corrected chi connectivity index (χ1v) is 11.9. The third-order valence-corrected chi connectivity index (χ3v) is 6.30. The normalized spacial score (nSPS) is 11.2. The van der Waals surface area contributed by atoms with E-state index in [4.69, 9.17) is 4.98 Å². The summed E-state index contributed by atoms with van der Waals surface area (Å²) in [5.41, 5.74) is 8.13. The van der Waals surface area contributed by atoms with Crippen LogP contribution in [-0.4, -0.2) is 32.5 Å². The van der Waals surface area contributed by atoms with Crippen molar-refractivity contribution in [1.82, 2.24) is 15.0 Å². The standard InChI is InChI=1S/C27H26N4O2S/c1-3-7-21-8-6-9-22(26(21)33)16-28-30-25(32)18-34-27-29-23-10-4-5-11-24(23)31(27)17-20-14-12-19(2)13-15-20/h3-6,8-16,33H,1,7,17-18H2,2H3,(H,30,32)/b28-16+. The Morgan fingerprint density at radius 3 is 2.74 bits per heavy atom. The first-order chi connectivity index (χ1) is 16.5. The van der Waals surface area contributed by atoms with Crippen LogP contribution in [-0.2, 0) is 17.8 Å². The lowest BCUT2D eigenvalue weighted by Crippen LogP contribution is -2.20. The fraction of sp³-hybridized carbons (Fsp3) is 0.148. The number of fused-ring (bicyclic) bond motifs is 1. The molecule has 0 aliphatic carbocycles. The number of nitrogens with one attached hydrogen (secondary N) is 1. The second-order valence-corrected chi connectivity index (χ2v) is 8.83. The molecule has 0 bridgehead atoms. The van der Waals surface area contributed by atoms with Gasteiger partial charge in [-0.2, -0.15) is 5.10 Å². The van der Waals surface area contributed by atoms with Crippen LogP contribution >= 0.6 is 11.8 Å². The smallest absolute Gasteiger partial charge is 0.250 e. The average Bonchev–Trinajstić information content (AvgIpc) is 3.19. The molecule has 34 heavy (non-hydrogen) atoms. The zero-order chi connectivity index (χ0) is 23.9. The Kier molecular flexibility index (Phi) is 7.44. The zero-order valence-electron chi connectivity index (χ0n) is 18.9. The number of allylic oxidation sites excluding steroid dienone is 1. The summed E-state index contributed by atoms with van der Waals surface area (Å²) < 4.78 is 2.13. The number of amides is 1. The van der Waals surface area contributed by atoms with Crippen molar-refractivity contribution in [3.8, 4) is 5.75 Å². The fourth-order valence-corrected chi connectivity index (χ4v) is 4.37. The predicted molar refractivity (Wildman–Crippen MR) is 138 cm³/mol. The molecule has 1 aromatic heterocycles. The summed E-state index contributed by atoms with van der Waals surface area (Å²) in [5.74, 6) is 0.0494. The number of aromatic nitrogens is 2. The first-order valence-electron chi connectivity index (χ1n) is 10.9. The number of carbonyl (C=O) groups is 1. The number of para-hydroxylation sites is 3. The number of phenolic OH excluding ortho intramolecular Hbond substituents is 1. The number of hydrogen-bond donors (Lipinski definition) is 2. The number of hydrogen-bond acceptors (Lipinski definition) is 5. The number of aryl methyl sites for hydroxylation is 1. The van der Waals surface area contributed by atoms with Crippen LogP contribution in [0.5, 0.6) is 5.75 Å². The van der Waals surface area contributed by atoms with E-state index in [0.29, 0.717) is 18.5 Å². The van der Waals surface area contributed by atoms with Gasteiger partial charge < -0.3 is 9.67 Å². The number of aromatic hydroxyl groups is 1. The largest absolute Gasteiger partial charge is 0.507 e. The van der Waals surface area contributed by atoms with E-state index in [2.05, 4.69) is 52.9 Å². The third kappa shape index (κ3) is 5.55. The highest BCUT2D eigenvalue weighted by molar-refractivity contribution is 7.99. The van der Waals surface area contributed by atoms with Crippen molar-refractivity contribution in [2.45, 2.75) is 25.0 Å². The summed E-state index contributed by atoms with van der Waals surface area (Å²) in [7, 11) is 0. The van der Waals surface area contributed by atoms with E-state index in [9.17, 15) is 9.90 Å². The molecule has 4 aromatic rings. The van der Waals surface area contributed by atoms with Crippen molar-refractivity contribution in [2.75, 3.05) is 5.75 Å². The molecule has 0 fully saturated rings. The van der Waals surface area contributed by atoms with E-state index in [0.717, 1.165) is 21.8 Å². The van der Waals surface area contributed by atoms with Crippen molar-refractivity contribution in [3.63, 3.8) is 0 Å². The van der Waals surface area contributed by atoms with E-state index in [-0.39, 0.29) is 17.4 Å². The molecule has 1 amide bonds. The molecule has 0 aliphatic heterocycles. The van der Waals surface area contributed by atoms with Crippen molar-refractivity contribution >= 4 is 34.9 Å². The number of imidazole rings is 1. The molecule has 0 spiro atoms. The van der Waals surface area contributed by atoms with Crippen LogP contribution in [0, 0.1) is 6.92 Å². The van der Waals surface area contributed by atoms with E-state index >= 15 is 0 Å². The molecular formula is C27H26N4O2S. The number of nitrogens with zero attached hydrogens (tertiary/aromatic N) is 3. The van der Waals surface area contributed by atoms with Gasteiger partial charge >= 0.3 is 0 Å². The Hall–Kier alpha value is -3.84. The van der Waals surface area contributed by atoms with Gasteiger partial charge in [0.15, 0.2) is 5.16 Å². The fourth-order valence-electron chi connectivity index (χ4n) is 3.56. The lowest BCUT2D eigenvalue weighted by Gasteiger charge is -2.09. The predicted octanol–water partition coefficient (Wildman–Crippen LogP) is 5.07. The minimum atomic E-state index is -0.253. The molecule has 0 radical (unpaired) electrons. The Morgan fingerprint density at radius 2 is 1.94 bits per heavy atom. The van der Waals surface area contributed by atoms with E-state index < -0.39 is 0 Å². The number of benzene rings is 3. The minimum Gasteiger partial charge on any atom is -0.507 e. The molecule has 4 rings (SSSR count). The van der Waals surface area contributed by atoms with Gasteiger partial charge in [0.1, 0.15) is 5.75 Å². The summed E-state index contributed by atoms with van der Waals surface area (Å²) in [6, 6.07) is 21.8. The number of carbonyl (C=O) groups excluding carboxylic acids is 1. The average molecular weight is 471 g/mol. The lowest BCUT2D eigenvalue weighted by atomic mass is 10.1. The maximum Gasteiger partial charge on any atom is 0.250 e. The van der Waals surface area contributed by atoms with Gasteiger partial charge in [0, 0.05) is 5.56 Å². The molecule has 0 aliphatic rings. The molecule has 2 N–H and O–H groups in total. The highest BCUT2D eigenvalue weighted by Crippen LogP contribution is 2.25. The second kappa shape index (κ2) is 10.9. The van der Waals surface area contributed by atoms with Crippen LogP contribution in [0.2, 0.25) is 0 Å². The maximum atomic E-state index is 12.4. The van der Waals surface area contributed by atoms with Gasteiger partial charge in [0.25, 0.3) is 5.91 Å². The summed E-state index contributed by atoms with van der Waals surface area (Å²) in [4.78, 5) is 17.2. The molecule has 0 saturated carbocycles. The number of phenols is 1. The topological polar surface area (TPSA) is 79.5 Å². The Balaban J connectivity index is 1.43. The summed E-state index contributed by atoms with van der Waals surface area (Å²) in [6.07, 6.45) is 3.72. The lowest BCUT2D eigenvalue weighted by molar-refractivity contribution is -0.118. The first kappa shape index (κ1) is 23.3. The van der Waals surface area contributed by atoms with Gasteiger partial charge in [-0.05, 0) is 42.7 Å². The van der Waals surface area contributed by atoms with E-state index in [1.54, 1.807) is 12.1 Å². The van der Waals surface area contributed by atoms with Crippen LogP contribution in [0.1, 0.15) is 22.3 Å². The summed E-state index contributed by atoms with van der Waals surface area (Å²) >= 11 is 1.37. The minimum absolute atomic E-state index is 0.139.